The summed E-state index contributed by atoms with van der Waals surface area (Å²) < 4.78 is 37.7. The molecule has 1 aromatic heterocycles. The van der Waals surface area contributed by atoms with Gasteiger partial charge in [-0.3, -0.25) is 0 Å². The first-order valence-corrected chi connectivity index (χ1v) is 5.91. The molecule has 6 heteroatoms. The van der Waals surface area contributed by atoms with E-state index in [1.165, 1.54) is 6.07 Å². The highest BCUT2D eigenvalue weighted by Crippen LogP contribution is 2.29. The lowest BCUT2D eigenvalue weighted by Crippen LogP contribution is -2.46. The van der Waals surface area contributed by atoms with E-state index in [9.17, 15) is 13.2 Å². The molecule has 0 spiro atoms. The van der Waals surface area contributed by atoms with Crippen LogP contribution in [0.25, 0.3) is 0 Å². The third-order valence-electron chi connectivity index (χ3n) is 3.04. The van der Waals surface area contributed by atoms with Gasteiger partial charge in [0.25, 0.3) is 0 Å². The first-order valence-electron chi connectivity index (χ1n) is 5.91. The van der Waals surface area contributed by atoms with Crippen molar-refractivity contribution in [1.29, 1.82) is 0 Å². The molecule has 0 aliphatic carbocycles. The molecule has 3 nitrogen and oxygen atoms in total. The van der Waals surface area contributed by atoms with Gasteiger partial charge in [-0.05, 0) is 24.5 Å². The van der Waals surface area contributed by atoms with E-state index in [2.05, 4.69) is 4.98 Å². The van der Waals surface area contributed by atoms with Gasteiger partial charge in [0.2, 0.25) is 0 Å². The molecular weight excluding hydrogens is 243 g/mol. The Morgan fingerprint density at radius 3 is 2.67 bits per heavy atom. The average Bonchev–Trinajstić information content (AvgIpc) is 2.27. The van der Waals surface area contributed by atoms with E-state index in [1.54, 1.807) is 6.07 Å². The van der Waals surface area contributed by atoms with Crippen molar-refractivity contribution in [3.63, 3.8) is 0 Å². The van der Waals surface area contributed by atoms with Gasteiger partial charge >= 0.3 is 6.18 Å². The number of pyridine rings is 1. The molecule has 1 saturated heterocycles. The topological polar surface area (TPSA) is 42.1 Å². The Bertz CT molecular complexity index is 409. The predicted octanol–water partition coefficient (Wildman–Crippen LogP) is 2.27. The average molecular weight is 259 g/mol. The van der Waals surface area contributed by atoms with E-state index in [1.807, 2.05) is 11.8 Å². The normalized spacial score (nSPS) is 25.3. The Balaban J connectivity index is 2.23. The van der Waals surface area contributed by atoms with Gasteiger partial charge < -0.3 is 10.6 Å². The number of hydrogen-bond donors (Lipinski definition) is 1. The van der Waals surface area contributed by atoms with Crippen molar-refractivity contribution in [2.75, 3.05) is 18.0 Å². The zero-order valence-electron chi connectivity index (χ0n) is 10.1. The van der Waals surface area contributed by atoms with Crippen LogP contribution >= 0.6 is 0 Å². The maximum Gasteiger partial charge on any atom is 0.433 e. The van der Waals surface area contributed by atoms with Gasteiger partial charge in [0, 0.05) is 19.1 Å². The number of aromatic nitrogens is 1. The third kappa shape index (κ3) is 2.93. The van der Waals surface area contributed by atoms with E-state index < -0.39 is 11.9 Å². The van der Waals surface area contributed by atoms with Gasteiger partial charge in [-0.1, -0.05) is 13.0 Å². The molecule has 2 heterocycles. The molecule has 1 aliphatic heterocycles. The van der Waals surface area contributed by atoms with Gasteiger partial charge in [-0.25, -0.2) is 4.98 Å². The Kier molecular flexibility index (Phi) is 3.47. The first kappa shape index (κ1) is 13.1. The van der Waals surface area contributed by atoms with Gasteiger partial charge in [-0.15, -0.1) is 0 Å². The Labute approximate surface area is 104 Å². The highest BCUT2D eigenvalue weighted by molar-refractivity contribution is 5.40. The highest BCUT2D eigenvalue weighted by atomic mass is 19.4. The molecule has 0 amide bonds. The fraction of sp³-hybridized carbons (Fsp3) is 0.583. The summed E-state index contributed by atoms with van der Waals surface area (Å²) in [5, 5.41) is 0. The predicted molar refractivity (Wildman–Crippen MR) is 63.2 cm³/mol. The number of piperidine rings is 1. The van der Waals surface area contributed by atoms with E-state index in [4.69, 9.17) is 5.73 Å². The molecule has 18 heavy (non-hydrogen) atoms. The molecule has 0 aromatic carbocycles. The molecule has 0 saturated carbocycles. The summed E-state index contributed by atoms with van der Waals surface area (Å²) in [4.78, 5) is 5.51. The monoisotopic (exact) mass is 259 g/mol. The van der Waals surface area contributed by atoms with Gasteiger partial charge in [0.05, 0.1) is 0 Å². The fourth-order valence-electron chi connectivity index (χ4n) is 2.34. The maximum atomic E-state index is 12.6. The van der Waals surface area contributed by atoms with Crippen LogP contribution < -0.4 is 10.6 Å². The lowest BCUT2D eigenvalue weighted by atomic mass is 9.96. The molecule has 2 N–H and O–H groups in total. The lowest BCUT2D eigenvalue weighted by Gasteiger charge is -2.35. The zero-order valence-corrected chi connectivity index (χ0v) is 10.1. The Morgan fingerprint density at radius 2 is 2.06 bits per heavy atom. The smallest absolute Gasteiger partial charge is 0.355 e. The van der Waals surface area contributed by atoms with Crippen LogP contribution in [0.15, 0.2) is 18.2 Å². The van der Waals surface area contributed by atoms with E-state index in [0.29, 0.717) is 24.8 Å². The summed E-state index contributed by atoms with van der Waals surface area (Å²) in [6.07, 6.45) is -3.50. The summed E-state index contributed by atoms with van der Waals surface area (Å²) in [7, 11) is 0. The fourth-order valence-corrected chi connectivity index (χ4v) is 2.34. The molecule has 2 rings (SSSR count). The van der Waals surface area contributed by atoms with Crippen LogP contribution in [-0.2, 0) is 6.18 Å². The number of rotatable bonds is 1. The third-order valence-corrected chi connectivity index (χ3v) is 3.04. The second-order valence-electron chi connectivity index (χ2n) is 4.88. The summed E-state index contributed by atoms with van der Waals surface area (Å²) in [6, 6.07) is 3.96. The van der Waals surface area contributed by atoms with Crippen molar-refractivity contribution < 1.29 is 13.2 Å². The maximum absolute atomic E-state index is 12.6. The van der Waals surface area contributed by atoms with Crippen LogP contribution in [0.2, 0.25) is 0 Å². The molecular formula is C12H16F3N3. The van der Waals surface area contributed by atoms with Crippen molar-refractivity contribution in [1.82, 2.24) is 4.98 Å². The van der Waals surface area contributed by atoms with Crippen LogP contribution in [0.3, 0.4) is 0 Å². The number of anilines is 1. The van der Waals surface area contributed by atoms with Gasteiger partial charge in [0.15, 0.2) is 0 Å². The molecule has 2 atom stereocenters. The summed E-state index contributed by atoms with van der Waals surface area (Å²) in [5.74, 6) is 0.719. The van der Waals surface area contributed by atoms with E-state index >= 15 is 0 Å². The van der Waals surface area contributed by atoms with Crippen LogP contribution in [-0.4, -0.2) is 24.1 Å². The van der Waals surface area contributed by atoms with Gasteiger partial charge in [0.1, 0.15) is 11.5 Å². The van der Waals surface area contributed by atoms with Crippen LogP contribution in [0.4, 0.5) is 19.0 Å². The van der Waals surface area contributed by atoms with Crippen LogP contribution in [0.5, 0.6) is 0 Å². The highest BCUT2D eigenvalue weighted by Gasteiger charge is 2.33. The summed E-state index contributed by atoms with van der Waals surface area (Å²) in [6.45, 7) is 3.29. The van der Waals surface area contributed by atoms with Crippen molar-refractivity contribution in [3.05, 3.63) is 23.9 Å². The molecule has 1 fully saturated rings. The van der Waals surface area contributed by atoms with Gasteiger partial charge in [-0.2, -0.15) is 13.2 Å². The van der Waals surface area contributed by atoms with Crippen molar-refractivity contribution in [2.24, 2.45) is 11.7 Å². The number of halogens is 3. The van der Waals surface area contributed by atoms with Crippen molar-refractivity contribution in [2.45, 2.75) is 25.6 Å². The number of hydrogen-bond acceptors (Lipinski definition) is 3. The standard InChI is InChI=1S/C12H16F3N3/c1-8-5-9(16)7-18(6-8)11-4-2-3-10(17-11)12(13,14)15/h2-4,8-9H,5-7,16H2,1H3. The van der Waals surface area contributed by atoms with E-state index in [0.717, 1.165) is 12.5 Å². The molecule has 100 valence electrons. The van der Waals surface area contributed by atoms with Crippen molar-refractivity contribution in [3.8, 4) is 0 Å². The Hall–Kier alpha value is -1.30. The quantitative estimate of drug-likeness (QED) is 0.841. The minimum absolute atomic E-state index is 0.00917. The number of nitrogens with two attached hydrogens (primary N) is 1. The molecule has 2 unspecified atom stereocenters. The van der Waals surface area contributed by atoms with Crippen LogP contribution in [0.1, 0.15) is 19.0 Å². The second-order valence-corrected chi connectivity index (χ2v) is 4.88. The summed E-state index contributed by atoms with van der Waals surface area (Å²) in [5.41, 5.74) is 5.03. The molecule has 0 bridgehead atoms. The molecule has 0 radical (unpaired) electrons. The number of nitrogens with zero attached hydrogens (tertiary/aromatic N) is 2. The summed E-state index contributed by atoms with van der Waals surface area (Å²) >= 11 is 0. The number of alkyl halides is 3. The first-order chi connectivity index (χ1) is 8.36. The largest absolute Gasteiger partial charge is 0.433 e. The Morgan fingerprint density at radius 1 is 1.33 bits per heavy atom. The lowest BCUT2D eigenvalue weighted by molar-refractivity contribution is -0.141. The second kappa shape index (κ2) is 4.76. The van der Waals surface area contributed by atoms with Crippen LogP contribution in [0, 0.1) is 5.92 Å². The minimum atomic E-state index is -4.40. The van der Waals surface area contributed by atoms with Crippen molar-refractivity contribution >= 4 is 5.82 Å². The SMILES string of the molecule is CC1CC(N)CN(c2cccc(C(F)(F)F)n2)C1. The minimum Gasteiger partial charge on any atom is -0.355 e. The molecule has 1 aromatic rings. The van der Waals surface area contributed by atoms with E-state index in [-0.39, 0.29) is 6.04 Å². The zero-order chi connectivity index (χ0) is 13.3. The molecule has 1 aliphatic rings.